The van der Waals surface area contributed by atoms with Gasteiger partial charge in [0, 0.05) is 17.0 Å². The van der Waals surface area contributed by atoms with Crippen LogP contribution in [0.4, 0.5) is 0 Å². The van der Waals surface area contributed by atoms with Crippen molar-refractivity contribution < 1.29 is 0 Å². The normalized spacial score (nSPS) is 21.3. The van der Waals surface area contributed by atoms with Crippen LogP contribution in [0.5, 0.6) is 0 Å². The van der Waals surface area contributed by atoms with Gasteiger partial charge in [-0.2, -0.15) is 0 Å². The zero-order valence-corrected chi connectivity index (χ0v) is 14.1. The van der Waals surface area contributed by atoms with Gasteiger partial charge in [-0.15, -0.1) is 11.3 Å². The Kier molecular flexibility index (Phi) is 5.61. The van der Waals surface area contributed by atoms with Gasteiger partial charge in [0.25, 0.3) is 0 Å². The quantitative estimate of drug-likeness (QED) is 0.906. The monoisotopic (exact) mass is 295 g/mol. The smallest absolute Gasteiger partial charge is 0.0595 e. The van der Waals surface area contributed by atoms with Gasteiger partial charge in [0.05, 0.1) is 6.04 Å². The van der Waals surface area contributed by atoms with E-state index in [1.54, 1.807) is 0 Å². The van der Waals surface area contributed by atoms with E-state index in [1.807, 2.05) is 11.3 Å². The highest BCUT2D eigenvalue weighted by molar-refractivity contribution is 7.10. The van der Waals surface area contributed by atoms with Gasteiger partial charge in [-0.1, -0.05) is 6.92 Å². The van der Waals surface area contributed by atoms with Gasteiger partial charge in [-0.05, 0) is 70.4 Å². The molecule has 0 amide bonds. The summed E-state index contributed by atoms with van der Waals surface area (Å²) in [6.07, 6.45) is 3.54. The van der Waals surface area contributed by atoms with Crippen LogP contribution in [0.25, 0.3) is 0 Å². The van der Waals surface area contributed by atoms with E-state index in [-0.39, 0.29) is 6.04 Å². The Morgan fingerprint density at radius 3 is 2.60 bits per heavy atom. The molecule has 0 bridgehead atoms. The minimum atomic E-state index is 0.219. The first kappa shape index (κ1) is 16.0. The zero-order valence-electron chi connectivity index (χ0n) is 13.3. The van der Waals surface area contributed by atoms with Crippen LogP contribution in [-0.2, 0) is 0 Å². The minimum absolute atomic E-state index is 0.219. The highest BCUT2D eigenvalue weighted by Gasteiger charge is 2.31. The summed E-state index contributed by atoms with van der Waals surface area (Å²) in [6, 6.07) is 3.47. The summed E-state index contributed by atoms with van der Waals surface area (Å²) in [6.45, 7) is 6.81. The molecule has 0 radical (unpaired) electrons. The summed E-state index contributed by atoms with van der Waals surface area (Å²) in [5.41, 5.74) is 7.86. The molecule has 0 aromatic carbocycles. The van der Waals surface area contributed by atoms with Gasteiger partial charge in [0.2, 0.25) is 0 Å². The number of nitrogens with zero attached hydrogens (tertiary/aromatic N) is 2. The zero-order chi connectivity index (χ0) is 14.7. The summed E-state index contributed by atoms with van der Waals surface area (Å²) in [5, 5.41) is 2.20. The third kappa shape index (κ3) is 3.42. The second kappa shape index (κ2) is 7.03. The fraction of sp³-hybridized carbons (Fsp3) is 0.750. The number of piperidine rings is 1. The number of aryl methyl sites for hydroxylation is 1. The van der Waals surface area contributed by atoms with Crippen LogP contribution < -0.4 is 5.73 Å². The lowest BCUT2D eigenvalue weighted by molar-refractivity contribution is 0.0948. The lowest BCUT2D eigenvalue weighted by Gasteiger charge is -2.41. The molecule has 0 spiro atoms. The number of rotatable bonds is 5. The average molecular weight is 295 g/mol. The molecule has 114 valence electrons. The van der Waals surface area contributed by atoms with Crippen molar-refractivity contribution in [2.75, 3.05) is 27.2 Å². The van der Waals surface area contributed by atoms with E-state index < -0.39 is 0 Å². The number of nitrogens with two attached hydrogens (primary N) is 1. The Hall–Kier alpha value is -0.420. The third-order valence-corrected chi connectivity index (χ3v) is 5.84. The van der Waals surface area contributed by atoms with Crippen molar-refractivity contribution in [1.82, 2.24) is 9.80 Å². The van der Waals surface area contributed by atoms with E-state index in [0.29, 0.717) is 12.1 Å². The fourth-order valence-electron chi connectivity index (χ4n) is 3.22. The van der Waals surface area contributed by atoms with Crippen molar-refractivity contribution in [2.45, 2.75) is 51.2 Å². The number of hydrogen-bond donors (Lipinski definition) is 1. The molecular formula is C16H29N3S. The minimum Gasteiger partial charge on any atom is -0.326 e. The van der Waals surface area contributed by atoms with Crippen LogP contribution in [-0.4, -0.2) is 49.1 Å². The Balaban J connectivity index is 2.16. The Labute approximate surface area is 127 Å². The molecule has 2 atom stereocenters. The maximum Gasteiger partial charge on any atom is 0.0595 e. The molecular weight excluding hydrogens is 266 g/mol. The van der Waals surface area contributed by atoms with E-state index in [0.717, 1.165) is 6.42 Å². The van der Waals surface area contributed by atoms with Crippen LogP contribution in [0.3, 0.4) is 0 Å². The number of likely N-dealkylation sites (tertiary alicyclic amines) is 1. The molecule has 0 aliphatic carbocycles. The van der Waals surface area contributed by atoms with Crippen molar-refractivity contribution in [1.29, 1.82) is 0 Å². The van der Waals surface area contributed by atoms with Gasteiger partial charge in [-0.3, -0.25) is 4.90 Å². The predicted octanol–water partition coefficient (Wildman–Crippen LogP) is 2.86. The molecule has 1 aliphatic heterocycles. The molecule has 1 aliphatic rings. The molecule has 1 aromatic rings. The molecule has 2 rings (SSSR count). The molecule has 3 nitrogen and oxygen atoms in total. The molecule has 20 heavy (non-hydrogen) atoms. The molecule has 2 N–H and O–H groups in total. The number of likely N-dealkylation sites (N-methyl/N-ethyl adjacent to an activating group) is 1. The SMILES string of the molecule is CCC(N)C(c1sccc1C)N(C)C1CCN(C)CC1. The maximum atomic E-state index is 6.47. The van der Waals surface area contributed by atoms with E-state index in [4.69, 9.17) is 5.73 Å². The van der Waals surface area contributed by atoms with Crippen molar-refractivity contribution in [2.24, 2.45) is 5.73 Å². The molecule has 2 unspecified atom stereocenters. The Morgan fingerprint density at radius 2 is 2.10 bits per heavy atom. The van der Waals surface area contributed by atoms with Gasteiger partial charge < -0.3 is 10.6 Å². The summed E-state index contributed by atoms with van der Waals surface area (Å²) in [7, 11) is 4.49. The van der Waals surface area contributed by atoms with Crippen LogP contribution in [0, 0.1) is 6.92 Å². The third-order valence-electron chi connectivity index (χ3n) is 4.75. The lowest BCUT2D eigenvalue weighted by Crippen LogP contribution is -2.47. The molecule has 1 aromatic heterocycles. The van der Waals surface area contributed by atoms with E-state index in [1.165, 1.54) is 36.4 Å². The summed E-state index contributed by atoms with van der Waals surface area (Å²) >= 11 is 1.86. The van der Waals surface area contributed by atoms with Crippen LogP contribution in [0.1, 0.15) is 42.7 Å². The van der Waals surface area contributed by atoms with Crippen molar-refractivity contribution >= 4 is 11.3 Å². The molecule has 1 saturated heterocycles. The van der Waals surface area contributed by atoms with Gasteiger partial charge >= 0.3 is 0 Å². The highest BCUT2D eigenvalue weighted by Crippen LogP contribution is 2.34. The van der Waals surface area contributed by atoms with E-state index in [9.17, 15) is 0 Å². The topological polar surface area (TPSA) is 32.5 Å². The van der Waals surface area contributed by atoms with Crippen LogP contribution in [0.15, 0.2) is 11.4 Å². The van der Waals surface area contributed by atoms with Crippen molar-refractivity contribution in [3.63, 3.8) is 0 Å². The summed E-state index contributed by atoms with van der Waals surface area (Å²) in [4.78, 5) is 6.44. The molecule has 1 fully saturated rings. The first-order chi connectivity index (χ1) is 9.54. The lowest BCUT2D eigenvalue weighted by atomic mass is 9.96. The van der Waals surface area contributed by atoms with Gasteiger partial charge in [-0.25, -0.2) is 0 Å². The first-order valence-corrected chi connectivity index (χ1v) is 8.62. The predicted molar refractivity (Wildman–Crippen MR) is 88.3 cm³/mol. The maximum absolute atomic E-state index is 6.47. The van der Waals surface area contributed by atoms with Crippen LogP contribution in [0.2, 0.25) is 0 Å². The second-order valence-electron chi connectivity index (χ2n) is 6.18. The Morgan fingerprint density at radius 1 is 1.45 bits per heavy atom. The summed E-state index contributed by atoms with van der Waals surface area (Å²) in [5.74, 6) is 0. The largest absolute Gasteiger partial charge is 0.326 e. The number of thiophene rings is 1. The molecule has 2 heterocycles. The van der Waals surface area contributed by atoms with Gasteiger partial charge in [0.15, 0.2) is 0 Å². The molecule has 0 saturated carbocycles. The fourth-order valence-corrected chi connectivity index (χ4v) is 4.37. The second-order valence-corrected chi connectivity index (χ2v) is 7.13. The van der Waals surface area contributed by atoms with Crippen molar-refractivity contribution in [3.05, 3.63) is 21.9 Å². The van der Waals surface area contributed by atoms with Crippen LogP contribution >= 0.6 is 11.3 Å². The Bertz CT molecular complexity index is 410. The van der Waals surface area contributed by atoms with Crippen molar-refractivity contribution in [3.8, 4) is 0 Å². The average Bonchev–Trinajstić information content (AvgIpc) is 2.85. The van der Waals surface area contributed by atoms with Gasteiger partial charge in [0.1, 0.15) is 0 Å². The first-order valence-electron chi connectivity index (χ1n) is 7.74. The highest BCUT2D eigenvalue weighted by atomic mass is 32.1. The molecule has 4 heteroatoms. The van der Waals surface area contributed by atoms with E-state index in [2.05, 4.69) is 49.2 Å². The summed E-state index contributed by atoms with van der Waals surface area (Å²) < 4.78 is 0. The van der Waals surface area contributed by atoms with E-state index >= 15 is 0 Å². The standard InChI is InChI=1S/C16H29N3S/c1-5-14(17)15(16-12(2)8-11-20-16)19(4)13-6-9-18(3)10-7-13/h8,11,13-15H,5-7,9-10,17H2,1-4H3. The number of hydrogen-bond acceptors (Lipinski definition) is 4.